The third kappa shape index (κ3) is 5.57. The summed E-state index contributed by atoms with van der Waals surface area (Å²) in [5.74, 6) is 1.90. The van der Waals surface area contributed by atoms with Crippen LogP contribution in [0.15, 0.2) is 21.1 Å². The largest absolute Gasteiger partial charge is 0.492 e. The fraction of sp³-hybridized carbons (Fsp3) is 0.647. The Kier molecular flexibility index (Phi) is 7.55. The topological polar surface area (TPSA) is 21.3 Å². The van der Waals surface area contributed by atoms with Crippen molar-refractivity contribution < 1.29 is 4.74 Å². The fourth-order valence-electron chi connectivity index (χ4n) is 3.06. The van der Waals surface area contributed by atoms with Crippen molar-refractivity contribution in [2.45, 2.75) is 52.0 Å². The maximum absolute atomic E-state index is 5.76. The van der Waals surface area contributed by atoms with E-state index in [-0.39, 0.29) is 0 Å². The molecule has 1 saturated carbocycles. The molecule has 0 saturated heterocycles. The van der Waals surface area contributed by atoms with E-state index in [1.807, 2.05) is 13.0 Å². The molecule has 0 bridgehead atoms. The molecule has 0 atom stereocenters. The molecule has 1 aromatic rings. The Balaban J connectivity index is 1.84. The number of halogens is 2. The van der Waals surface area contributed by atoms with Gasteiger partial charge in [0.05, 0.1) is 11.1 Å². The Morgan fingerprint density at radius 1 is 1.19 bits per heavy atom. The van der Waals surface area contributed by atoms with Gasteiger partial charge >= 0.3 is 0 Å². The first-order valence-electron chi connectivity index (χ1n) is 8.02. The molecule has 1 aliphatic rings. The van der Waals surface area contributed by atoms with Gasteiger partial charge in [-0.15, -0.1) is 0 Å². The highest BCUT2D eigenvalue weighted by atomic mass is 79.9. The molecule has 21 heavy (non-hydrogen) atoms. The standard InChI is InChI=1S/C17H25Br2NO/c1-2-21-17-14(10-15(18)11-16(17)19)12-20-9-8-13-6-4-3-5-7-13/h10-11,13,20H,2-9,12H2,1H3. The number of nitrogens with one attached hydrogen (secondary N) is 1. The van der Waals surface area contributed by atoms with Crippen molar-refractivity contribution in [3.63, 3.8) is 0 Å². The molecule has 0 unspecified atom stereocenters. The number of hydrogen-bond acceptors (Lipinski definition) is 2. The number of benzene rings is 1. The van der Waals surface area contributed by atoms with Gasteiger partial charge in [-0.3, -0.25) is 0 Å². The Morgan fingerprint density at radius 3 is 2.67 bits per heavy atom. The fourth-order valence-corrected chi connectivity index (χ4v) is 4.48. The molecule has 1 aromatic carbocycles. The van der Waals surface area contributed by atoms with E-state index < -0.39 is 0 Å². The van der Waals surface area contributed by atoms with Crippen LogP contribution in [0.4, 0.5) is 0 Å². The molecular formula is C17H25Br2NO. The van der Waals surface area contributed by atoms with Crippen LogP contribution in [0, 0.1) is 5.92 Å². The third-order valence-electron chi connectivity index (χ3n) is 4.14. The summed E-state index contributed by atoms with van der Waals surface area (Å²) in [6.07, 6.45) is 8.45. The van der Waals surface area contributed by atoms with Gasteiger partial charge in [0.15, 0.2) is 0 Å². The minimum atomic E-state index is 0.690. The van der Waals surface area contributed by atoms with Crippen LogP contribution in [0.2, 0.25) is 0 Å². The van der Waals surface area contributed by atoms with Crippen LogP contribution in [0.3, 0.4) is 0 Å². The van der Waals surface area contributed by atoms with Gasteiger partial charge in [-0.25, -0.2) is 0 Å². The summed E-state index contributed by atoms with van der Waals surface area (Å²) in [6, 6.07) is 4.18. The average molecular weight is 419 g/mol. The van der Waals surface area contributed by atoms with E-state index in [0.29, 0.717) is 6.61 Å². The summed E-state index contributed by atoms with van der Waals surface area (Å²) >= 11 is 7.14. The van der Waals surface area contributed by atoms with E-state index in [0.717, 1.165) is 33.7 Å². The highest BCUT2D eigenvalue weighted by molar-refractivity contribution is 9.11. The first kappa shape index (κ1) is 17.3. The molecule has 1 aliphatic carbocycles. The molecule has 2 nitrogen and oxygen atoms in total. The van der Waals surface area contributed by atoms with Gasteiger partial charge < -0.3 is 10.1 Å². The summed E-state index contributed by atoms with van der Waals surface area (Å²) in [5, 5.41) is 3.58. The van der Waals surface area contributed by atoms with Crippen LogP contribution < -0.4 is 10.1 Å². The van der Waals surface area contributed by atoms with E-state index in [2.05, 4.69) is 43.2 Å². The van der Waals surface area contributed by atoms with Gasteiger partial charge in [0, 0.05) is 16.6 Å². The van der Waals surface area contributed by atoms with Crippen molar-refractivity contribution in [2.24, 2.45) is 5.92 Å². The van der Waals surface area contributed by atoms with E-state index >= 15 is 0 Å². The summed E-state index contributed by atoms with van der Waals surface area (Å²) in [4.78, 5) is 0. The van der Waals surface area contributed by atoms with Gasteiger partial charge in [0.25, 0.3) is 0 Å². The zero-order chi connectivity index (χ0) is 15.1. The first-order valence-corrected chi connectivity index (χ1v) is 9.60. The van der Waals surface area contributed by atoms with Crippen molar-refractivity contribution in [3.8, 4) is 5.75 Å². The summed E-state index contributed by atoms with van der Waals surface area (Å²) in [7, 11) is 0. The lowest BCUT2D eigenvalue weighted by Crippen LogP contribution is -2.19. The number of ether oxygens (including phenoxy) is 1. The Labute approximate surface area is 145 Å². The van der Waals surface area contributed by atoms with Gasteiger partial charge in [0.2, 0.25) is 0 Å². The first-order chi connectivity index (χ1) is 10.2. The van der Waals surface area contributed by atoms with Crippen molar-refractivity contribution in [2.75, 3.05) is 13.2 Å². The molecule has 0 aliphatic heterocycles. The lowest BCUT2D eigenvalue weighted by molar-refractivity contribution is 0.327. The van der Waals surface area contributed by atoms with Gasteiger partial charge in [-0.2, -0.15) is 0 Å². The van der Waals surface area contributed by atoms with Crippen molar-refractivity contribution >= 4 is 31.9 Å². The van der Waals surface area contributed by atoms with Gasteiger partial charge in [0.1, 0.15) is 5.75 Å². The molecule has 0 spiro atoms. The predicted octanol–water partition coefficient (Wildman–Crippen LogP) is 5.67. The molecule has 0 radical (unpaired) electrons. The second kappa shape index (κ2) is 9.16. The number of hydrogen-bond donors (Lipinski definition) is 1. The lowest BCUT2D eigenvalue weighted by Gasteiger charge is -2.21. The third-order valence-corrected chi connectivity index (χ3v) is 5.19. The van der Waals surface area contributed by atoms with E-state index in [9.17, 15) is 0 Å². The second-order valence-corrected chi connectivity index (χ2v) is 7.55. The van der Waals surface area contributed by atoms with E-state index in [4.69, 9.17) is 4.74 Å². The predicted molar refractivity (Wildman–Crippen MR) is 95.9 cm³/mol. The monoisotopic (exact) mass is 417 g/mol. The Morgan fingerprint density at radius 2 is 1.95 bits per heavy atom. The molecule has 0 aromatic heterocycles. The maximum atomic E-state index is 5.76. The minimum absolute atomic E-state index is 0.690. The summed E-state index contributed by atoms with van der Waals surface area (Å²) in [6.45, 7) is 4.67. The highest BCUT2D eigenvalue weighted by Gasteiger charge is 2.13. The van der Waals surface area contributed by atoms with Crippen LogP contribution in [0.25, 0.3) is 0 Å². The molecule has 0 heterocycles. The maximum Gasteiger partial charge on any atom is 0.138 e. The Bertz CT molecular complexity index is 445. The van der Waals surface area contributed by atoms with Gasteiger partial charge in [-0.05, 0) is 53.9 Å². The zero-order valence-corrected chi connectivity index (χ0v) is 15.9. The SMILES string of the molecule is CCOc1c(Br)cc(Br)cc1CNCCC1CCCCC1. The second-order valence-electron chi connectivity index (χ2n) is 5.78. The average Bonchev–Trinajstić information content (AvgIpc) is 2.48. The van der Waals surface area contributed by atoms with E-state index in [1.165, 1.54) is 44.1 Å². The molecule has 118 valence electrons. The van der Waals surface area contributed by atoms with Crippen LogP contribution in [0.5, 0.6) is 5.75 Å². The van der Waals surface area contributed by atoms with E-state index in [1.54, 1.807) is 0 Å². The van der Waals surface area contributed by atoms with Crippen LogP contribution in [-0.2, 0) is 6.54 Å². The summed E-state index contributed by atoms with van der Waals surface area (Å²) < 4.78 is 7.86. The van der Waals surface area contributed by atoms with Crippen molar-refractivity contribution in [1.82, 2.24) is 5.32 Å². The molecule has 2 rings (SSSR count). The van der Waals surface area contributed by atoms with Crippen molar-refractivity contribution in [1.29, 1.82) is 0 Å². The molecular weight excluding hydrogens is 394 g/mol. The molecule has 1 fully saturated rings. The number of rotatable bonds is 7. The quantitative estimate of drug-likeness (QED) is 0.575. The van der Waals surface area contributed by atoms with Crippen LogP contribution in [-0.4, -0.2) is 13.2 Å². The molecule has 0 amide bonds. The molecule has 4 heteroatoms. The molecule has 1 N–H and O–H groups in total. The highest BCUT2D eigenvalue weighted by Crippen LogP contribution is 2.33. The van der Waals surface area contributed by atoms with Gasteiger partial charge in [-0.1, -0.05) is 48.0 Å². The minimum Gasteiger partial charge on any atom is -0.492 e. The summed E-state index contributed by atoms with van der Waals surface area (Å²) in [5.41, 5.74) is 1.21. The van der Waals surface area contributed by atoms with Crippen LogP contribution in [0.1, 0.15) is 51.0 Å². The smallest absolute Gasteiger partial charge is 0.138 e. The Hall–Kier alpha value is -0.0600. The normalized spacial score (nSPS) is 16.1. The zero-order valence-electron chi connectivity index (χ0n) is 12.8. The van der Waals surface area contributed by atoms with Crippen molar-refractivity contribution in [3.05, 3.63) is 26.6 Å². The van der Waals surface area contributed by atoms with Crippen LogP contribution >= 0.6 is 31.9 Å². The lowest BCUT2D eigenvalue weighted by atomic mass is 9.87.